The van der Waals surface area contributed by atoms with Gasteiger partial charge >= 0.3 is 0 Å². The Morgan fingerprint density at radius 3 is 1.67 bits per heavy atom. The van der Waals surface area contributed by atoms with Gasteiger partial charge in [-0.25, -0.2) is 19.9 Å². The highest BCUT2D eigenvalue weighted by atomic mass is 16.3. The van der Waals surface area contributed by atoms with Gasteiger partial charge in [0.25, 0.3) is 0 Å². The molecule has 52 heavy (non-hydrogen) atoms. The largest absolute Gasteiger partial charge is 0.456 e. The Kier molecular flexibility index (Phi) is 7.03. The normalized spacial score (nSPS) is 11.5. The van der Waals surface area contributed by atoms with Crippen LogP contribution in [0.3, 0.4) is 0 Å². The summed E-state index contributed by atoms with van der Waals surface area (Å²) in [4.78, 5) is 20.1. The highest BCUT2D eigenvalue weighted by molar-refractivity contribution is 6.13. The van der Waals surface area contributed by atoms with Crippen molar-refractivity contribution in [1.29, 1.82) is 0 Å². The molecular weight excluding hydrogens is 639 g/mol. The van der Waals surface area contributed by atoms with Gasteiger partial charge in [0.2, 0.25) is 0 Å². The van der Waals surface area contributed by atoms with Gasteiger partial charge in [-0.05, 0) is 41.5 Å². The van der Waals surface area contributed by atoms with Crippen LogP contribution in [0.4, 0.5) is 0 Å². The number of fused-ring (bicyclic) bond motifs is 4. The second kappa shape index (κ2) is 12.3. The van der Waals surface area contributed by atoms with E-state index in [1.165, 1.54) is 0 Å². The molecular formula is C46H29N5O. The molecule has 0 N–H and O–H groups in total. The number of imidazole rings is 1. The van der Waals surface area contributed by atoms with Gasteiger partial charge < -0.3 is 4.42 Å². The lowest BCUT2D eigenvalue weighted by molar-refractivity contribution is 0.669. The third kappa shape index (κ3) is 5.13. The van der Waals surface area contributed by atoms with Crippen LogP contribution in [0.15, 0.2) is 180 Å². The SMILES string of the molecule is c1ccc(-c2ccc(-c3nc(-c4ccccc4)nc(-c4ccc5c(c4)oc4cccc(-c6nc7ccccn7c6-c6ccccc6)c45)n3)cc2)cc1. The molecule has 0 aliphatic carbocycles. The predicted octanol–water partition coefficient (Wildman–Crippen LogP) is 11.4. The lowest BCUT2D eigenvalue weighted by Gasteiger charge is -2.09. The summed E-state index contributed by atoms with van der Waals surface area (Å²) in [6.07, 6.45) is 2.07. The molecule has 0 spiro atoms. The summed E-state index contributed by atoms with van der Waals surface area (Å²) < 4.78 is 8.73. The Morgan fingerprint density at radius 1 is 0.404 bits per heavy atom. The Hall–Kier alpha value is -7.18. The van der Waals surface area contributed by atoms with Crippen LogP contribution in [-0.2, 0) is 0 Å². The zero-order valence-electron chi connectivity index (χ0n) is 27.9. The summed E-state index contributed by atoms with van der Waals surface area (Å²) in [5.74, 6) is 1.79. The maximum atomic E-state index is 6.58. The number of nitrogens with zero attached hydrogens (tertiary/aromatic N) is 5. The minimum absolute atomic E-state index is 0.574. The second-order valence-corrected chi connectivity index (χ2v) is 12.7. The second-order valence-electron chi connectivity index (χ2n) is 12.7. The van der Waals surface area contributed by atoms with Gasteiger partial charge in [-0.2, -0.15) is 0 Å². The quantitative estimate of drug-likeness (QED) is 0.176. The first-order valence-electron chi connectivity index (χ1n) is 17.2. The van der Waals surface area contributed by atoms with Crippen LogP contribution in [0, 0.1) is 0 Å². The van der Waals surface area contributed by atoms with E-state index in [9.17, 15) is 0 Å². The third-order valence-corrected chi connectivity index (χ3v) is 9.51. The van der Waals surface area contributed by atoms with Crippen molar-refractivity contribution in [2.75, 3.05) is 0 Å². The zero-order chi connectivity index (χ0) is 34.4. The van der Waals surface area contributed by atoms with Crippen molar-refractivity contribution in [2.45, 2.75) is 0 Å². The molecule has 4 aromatic heterocycles. The van der Waals surface area contributed by atoms with Crippen LogP contribution in [0.5, 0.6) is 0 Å². The fraction of sp³-hybridized carbons (Fsp3) is 0. The lowest BCUT2D eigenvalue weighted by atomic mass is 9.99. The third-order valence-electron chi connectivity index (χ3n) is 9.51. The van der Waals surface area contributed by atoms with E-state index in [-0.39, 0.29) is 0 Å². The number of rotatable bonds is 6. The fourth-order valence-electron chi connectivity index (χ4n) is 7.01. The van der Waals surface area contributed by atoms with Crippen LogP contribution in [-0.4, -0.2) is 24.3 Å². The molecule has 4 heterocycles. The summed E-state index contributed by atoms with van der Waals surface area (Å²) in [7, 11) is 0. The number of furan rings is 1. The molecule has 0 saturated carbocycles. The highest BCUT2D eigenvalue weighted by Crippen LogP contribution is 2.41. The van der Waals surface area contributed by atoms with Gasteiger partial charge in [0.1, 0.15) is 16.8 Å². The molecule has 6 nitrogen and oxygen atoms in total. The van der Waals surface area contributed by atoms with Gasteiger partial charge in [-0.15, -0.1) is 0 Å². The summed E-state index contributed by atoms with van der Waals surface area (Å²) in [5, 5.41) is 2.02. The van der Waals surface area contributed by atoms with Gasteiger partial charge in [0.05, 0.1) is 11.4 Å². The van der Waals surface area contributed by atoms with Crippen molar-refractivity contribution in [1.82, 2.24) is 24.3 Å². The van der Waals surface area contributed by atoms with Gasteiger partial charge in [-0.3, -0.25) is 4.40 Å². The standard InChI is InChI=1S/C46H29N5O/c1-4-13-30(14-5-1)31-22-24-34(25-23-31)45-48-44(33-17-8-3-9-18-33)49-46(50-45)35-26-27-36-39(29-35)52-38-20-12-19-37(41(36)38)42-43(32-15-6-2-7-16-32)51-28-11-10-21-40(51)47-42/h1-29H. The molecule has 0 unspecified atom stereocenters. The Morgan fingerprint density at radius 2 is 0.962 bits per heavy atom. The molecule has 0 aliphatic rings. The van der Waals surface area contributed by atoms with Gasteiger partial charge in [0.15, 0.2) is 17.5 Å². The topological polar surface area (TPSA) is 69.1 Å². The molecule has 0 bridgehead atoms. The van der Waals surface area contributed by atoms with Crippen molar-refractivity contribution in [2.24, 2.45) is 0 Å². The zero-order valence-corrected chi connectivity index (χ0v) is 27.9. The number of hydrogen-bond donors (Lipinski definition) is 0. The average molecular weight is 668 g/mol. The molecule has 0 amide bonds. The van der Waals surface area contributed by atoms with Crippen LogP contribution in [0.25, 0.3) is 95.4 Å². The number of hydrogen-bond acceptors (Lipinski definition) is 5. The maximum Gasteiger partial charge on any atom is 0.164 e. The van der Waals surface area contributed by atoms with Crippen LogP contribution in [0.1, 0.15) is 0 Å². The molecule has 10 aromatic rings. The summed E-state index contributed by atoms with van der Waals surface area (Å²) in [6, 6.07) is 57.7. The minimum Gasteiger partial charge on any atom is -0.456 e. The average Bonchev–Trinajstić information content (AvgIpc) is 3.80. The Balaban J connectivity index is 1.11. The lowest BCUT2D eigenvalue weighted by Crippen LogP contribution is -2.00. The molecule has 6 heteroatoms. The van der Waals surface area contributed by atoms with Gasteiger partial charge in [0, 0.05) is 44.8 Å². The fourth-order valence-corrected chi connectivity index (χ4v) is 7.01. The smallest absolute Gasteiger partial charge is 0.164 e. The maximum absolute atomic E-state index is 6.58. The van der Waals surface area contributed by atoms with E-state index in [2.05, 4.69) is 102 Å². The van der Waals surface area contributed by atoms with Crippen molar-refractivity contribution < 1.29 is 4.42 Å². The van der Waals surface area contributed by atoms with Crippen molar-refractivity contribution >= 4 is 27.6 Å². The van der Waals surface area contributed by atoms with E-state index >= 15 is 0 Å². The van der Waals surface area contributed by atoms with E-state index in [1.807, 2.05) is 78.9 Å². The summed E-state index contributed by atoms with van der Waals surface area (Å²) in [5.41, 5.74) is 11.5. The van der Waals surface area contributed by atoms with Crippen molar-refractivity contribution in [3.05, 3.63) is 176 Å². The van der Waals surface area contributed by atoms with E-state index in [1.54, 1.807) is 0 Å². The molecule has 0 atom stereocenters. The molecule has 0 aliphatic heterocycles. The van der Waals surface area contributed by atoms with Crippen molar-refractivity contribution in [3.8, 4) is 67.8 Å². The van der Waals surface area contributed by atoms with Crippen molar-refractivity contribution in [3.63, 3.8) is 0 Å². The van der Waals surface area contributed by atoms with Crippen LogP contribution >= 0.6 is 0 Å². The Labute approximate surface area is 299 Å². The van der Waals surface area contributed by atoms with E-state index in [4.69, 9.17) is 24.4 Å². The first-order chi connectivity index (χ1) is 25.8. The number of aromatic nitrogens is 5. The minimum atomic E-state index is 0.574. The number of pyridine rings is 1. The van der Waals surface area contributed by atoms with Gasteiger partial charge in [-0.1, -0.05) is 140 Å². The highest BCUT2D eigenvalue weighted by Gasteiger charge is 2.21. The van der Waals surface area contributed by atoms with E-state index in [0.717, 1.165) is 77.9 Å². The molecule has 0 saturated heterocycles. The molecule has 6 aromatic carbocycles. The van der Waals surface area contributed by atoms with E-state index < -0.39 is 0 Å². The summed E-state index contributed by atoms with van der Waals surface area (Å²) >= 11 is 0. The monoisotopic (exact) mass is 667 g/mol. The Bertz CT molecular complexity index is 2880. The molecule has 0 radical (unpaired) electrons. The van der Waals surface area contributed by atoms with Crippen LogP contribution < -0.4 is 0 Å². The molecule has 10 rings (SSSR count). The first-order valence-corrected chi connectivity index (χ1v) is 17.2. The predicted molar refractivity (Wildman–Crippen MR) is 208 cm³/mol. The number of benzene rings is 6. The molecule has 0 fully saturated rings. The summed E-state index contributed by atoms with van der Waals surface area (Å²) in [6.45, 7) is 0. The van der Waals surface area contributed by atoms with Crippen LogP contribution in [0.2, 0.25) is 0 Å². The molecule has 244 valence electrons. The van der Waals surface area contributed by atoms with E-state index in [0.29, 0.717) is 17.5 Å². The first kappa shape index (κ1) is 29.7.